The molecule has 6 heteroatoms. The lowest BCUT2D eigenvalue weighted by molar-refractivity contribution is -0.129. The standard InChI is InChI=1S/C14H27N3O3/c1-14(2,3)20-13(19)15-9-11-7-6-10(16-11)8-12(18)17(4)5/h10-11,16H,6-9H2,1-5H3,(H,15,19)/t10-,11+/m1/s1. The predicted molar refractivity (Wildman–Crippen MR) is 77.5 cm³/mol. The van der Waals surface area contributed by atoms with Gasteiger partial charge in [0.25, 0.3) is 0 Å². The molecule has 1 aliphatic rings. The Bertz CT molecular complexity index is 350. The summed E-state index contributed by atoms with van der Waals surface area (Å²) in [5.41, 5.74) is -0.478. The first-order valence-electron chi connectivity index (χ1n) is 7.10. The van der Waals surface area contributed by atoms with Crippen LogP contribution in [0, 0.1) is 0 Å². The number of nitrogens with zero attached hydrogens (tertiary/aromatic N) is 1. The van der Waals surface area contributed by atoms with Gasteiger partial charge in [0.05, 0.1) is 0 Å². The van der Waals surface area contributed by atoms with Gasteiger partial charge in [0.15, 0.2) is 0 Å². The van der Waals surface area contributed by atoms with Crippen molar-refractivity contribution in [1.82, 2.24) is 15.5 Å². The van der Waals surface area contributed by atoms with Gasteiger partial charge in [-0.3, -0.25) is 4.79 Å². The van der Waals surface area contributed by atoms with Crippen LogP contribution in [0.4, 0.5) is 4.79 Å². The summed E-state index contributed by atoms with van der Waals surface area (Å²) < 4.78 is 5.18. The molecule has 20 heavy (non-hydrogen) atoms. The highest BCUT2D eigenvalue weighted by Crippen LogP contribution is 2.15. The maximum atomic E-state index is 11.6. The number of hydrogen-bond acceptors (Lipinski definition) is 4. The van der Waals surface area contributed by atoms with Crippen molar-refractivity contribution in [3.05, 3.63) is 0 Å². The van der Waals surface area contributed by atoms with Crippen molar-refractivity contribution in [3.63, 3.8) is 0 Å². The van der Waals surface area contributed by atoms with E-state index in [9.17, 15) is 9.59 Å². The predicted octanol–water partition coefficient (Wildman–Crippen LogP) is 1.11. The van der Waals surface area contributed by atoms with Crippen LogP contribution in [0.25, 0.3) is 0 Å². The summed E-state index contributed by atoms with van der Waals surface area (Å²) >= 11 is 0. The van der Waals surface area contributed by atoms with Gasteiger partial charge in [-0.2, -0.15) is 0 Å². The molecule has 2 atom stereocenters. The quantitative estimate of drug-likeness (QED) is 0.812. The molecule has 0 bridgehead atoms. The molecule has 1 fully saturated rings. The van der Waals surface area contributed by atoms with Crippen molar-refractivity contribution >= 4 is 12.0 Å². The van der Waals surface area contributed by atoms with E-state index >= 15 is 0 Å². The van der Waals surface area contributed by atoms with Gasteiger partial charge >= 0.3 is 6.09 Å². The Morgan fingerprint density at radius 3 is 2.40 bits per heavy atom. The second-order valence-corrected chi connectivity index (χ2v) is 6.51. The van der Waals surface area contributed by atoms with Gasteiger partial charge in [-0.05, 0) is 33.6 Å². The summed E-state index contributed by atoms with van der Waals surface area (Å²) in [7, 11) is 3.53. The van der Waals surface area contributed by atoms with E-state index in [1.54, 1.807) is 19.0 Å². The SMILES string of the molecule is CN(C)C(=O)C[C@H]1CC[C@@H](CNC(=O)OC(C)(C)C)N1. The van der Waals surface area contributed by atoms with E-state index in [1.807, 2.05) is 20.8 Å². The summed E-state index contributed by atoms with van der Waals surface area (Å²) in [5, 5.41) is 6.14. The van der Waals surface area contributed by atoms with Crippen LogP contribution in [0.15, 0.2) is 0 Å². The monoisotopic (exact) mass is 285 g/mol. The number of carbonyl (C=O) groups excluding carboxylic acids is 2. The number of hydrogen-bond donors (Lipinski definition) is 2. The minimum Gasteiger partial charge on any atom is -0.444 e. The van der Waals surface area contributed by atoms with Crippen molar-refractivity contribution in [2.45, 2.75) is 57.7 Å². The maximum Gasteiger partial charge on any atom is 0.407 e. The number of rotatable bonds is 4. The zero-order valence-electron chi connectivity index (χ0n) is 13.2. The maximum absolute atomic E-state index is 11.6. The molecule has 0 radical (unpaired) electrons. The third kappa shape index (κ3) is 6.23. The van der Waals surface area contributed by atoms with Crippen LogP contribution in [-0.2, 0) is 9.53 Å². The second-order valence-electron chi connectivity index (χ2n) is 6.51. The average molecular weight is 285 g/mol. The van der Waals surface area contributed by atoms with Crippen molar-refractivity contribution in [3.8, 4) is 0 Å². The molecular weight excluding hydrogens is 258 g/mol. The lowest BCUT2D eigenvalue weighted by Gasteiger charge is -2.21. The molecule has 0 aromatic carbocycles. The molecule has 6 nitrogen and oxygen atoms in total. The number of nitrogens with one attached hydrogen (secondary N) is 2. The van der Waals surface area contributed by atoms with Gasteiger partial charge in [0.2, 0.25) is 5.91 Å². The average Bonchev–Trinajstić information content (AvgIpc) is 2.71. The Hall–Kier alpha value is -1.30. The van der Waals surface area contributed by atoms with E-state index in [4.69, 9.17) is 4.74 Å². The van der Waals surface area contributed by atoms with Crippen LogP contribution < -0.4 is 10.6 Å². The largest absolute Gasteiger partial charge is 0.444 e. The van der Waals surface area contributed by atoms with E-state index in [0.717, 1.165) is 12.8 Å². The topological polar surface area (TPSA) is 70.7 Å². The Balaban J connectivity index is 2.25. The van der Waals surface area contributed by atoms with E-state index in [0.29, 0.717) is 13.0 Å². The van der Waals surface area contributed by atoms with Crippen molar-refractivity contribution in [2.75, 3.05) is 20.6 Å². The van der Waals surface area contributed by atoms with Crippen molar-refractivity contribution in [1.29, 1.82) is 0 Å². The summed E-state index contributed by atoms with van der Waals surface area (Å²) in [6, 6.07) is 0.415. The molecule has 0 aromatic heterocycles. The highest BCUT2D eigenvalue weighted by molar-refractivity contribution is 5.76. The normalized spacial score (nSPS) is 22.4. The fraction of sp³-hybridized carbons (Fsp3) is 0.857. The van der Waals surface area contributed by atoms with Crippen LogP contribution in [-0.4, -0.2) is 55.2 Å². The molecule has 116 valence electrons. The van der Waals surface area contributed by atoms with Crippen LogP contribution in [0.1, 0.15) is 40.0 Å². The van der Waals surface area contributed by atoms with E-state index in [-0.39, 0.29) is 18.0 Å². The van der Waals surface area contributed by atoms with Crippen LogP contribution in [0.2, 0.25) is 0 Å². The Labute approximate surface area is 121 Å². The lowest BCUT2D eigenvalue weighted by atomic mass is 10.1. The minimum atomic E-state index is -0.478. The first-order valence-corrected chi connectivity index (χ1v) is 7.10. The minimum absolute atomic E-state index is 0.128. The van der Waals surface area contributed by atoms with Crippen LogP contribution in [0.3, 0.4) is 0 Å². The van der Waals surface area contributed by atoms with E-state index in [2.05, 4.69) is 10.6 Å². The van der Waals surface area contributed by atoms with Gasteiger partial charge in [-0.1, -0.05) is 0 Å². The van der Waals surface area contributed by atoms with Crippen LogP contribution in [0.5, 0.6) is 0 Å². The Morgan fingerprint density at radius 2 is 1.85 bits per heavy atom. The lowest BCUT2D eigenvalue weighted by Crippen LogP contribution is -2.42. The second kappa shape index (κ2) is 6.92. The zero-order chi connectivity index (χ0) is 15.3. The zero-order valence-corrected chi connectivity index (χ0v) is 13.2. The number of carbonyl (C=O) groups is 2. The molecule has 1 heterocycles. The molecular formula is C14H27N3O3. The van der Waals surface area contributed by atoms with Gasteiger partial charge in [-0.15, -0.1) is 0 Å². The first-order chi connectivity index (χ1) is 9.17. The highest BCUT2D eigenvalue weighted by Gasteiger charge is 2.26. The Kier molecular flexibility index (Phi) is 5.80. The van der Waals surface area contributed by atoms with E-state index in [1.165, 1.54) is 0 Å². The molecule has 2 amide bonds. The smallest absolute Gasteiger partial charge is 0.407 e. The van der Waals surface area contributed by atoms with Gasteiger partial charge in [-0.25, -0.2) is 4.79 Å². The molecule has 2 N–H and O–H groups in total. The summed E-state index contributed by atoms with van der Waals surface area (Å²) in [4.78, 5) is 24.8. The number of alkyl carbamates (subject to hydrolysis) is 1. The van der Waals surface area contributed by atoms with Crippen molar-refractivity contribution in [2.24, 2.45) is 0 Å². The molecule has 0 spiro atoms. The van der Waals surface area contributed by atoms with Crippen LogP contribution >= 0.6 is 0 Å². The van der Waals surface area contributed by atoms with Gasteiger partial charge in [0, 0.05) is 39.1 Å². The third-order valence-electron chi connectivity index (χ3n) is 3.15. The summed E-state index contributed by atoms with van der Waals surface area (Å²) in [6.07, 6.45) is 2.03. The molecule has 0 aliphatic carbocycles. The summed E-state index contributed by atoms with van der Waals surface area (Å²) in [5.74, 6) is 0.128. The molecule has 1 aliphatic heterocycles. The van der Waals surface area contributed by atoms with E-state index < -0.39 is 11.7 Å². The highest BCUT2D eigenvalue weighted by atomic mass is 16.6. The molecule has 0 unspecified atom stereocenters. The Morgan fingerprint density at radius 1 is 1.25 bits per heavy atom. The van der Waals surface area contributed by atoms with Crippen molar-refractivity contribution < 1.29 is 14.3 Å². The molecule has 1 saturated heterocycles. The fourth-order valence-corrected chi connectivity index (χ4v) is 2.14. The summed E-state index contributed by atoms with van der Waals surface area (Å²) in [6.45, 7) is 6.04. The fourth-order valence-electron chi connectivity index (χ4n) is 2.14. The molecule has 0 saturated carbocycles. The molecule has 1 rings (SSSR count). The first kappa shape index (κ1) is 16.8. The number of amides is 2. The number of ether oxygens (including phenoxy) is 1. The molecule has 0 aromatic rings. The van der Waals surface area contributed by atoms with Gasteiger partial charge in [0.1, 0.15) is 5.60 Å². The van der Waals surface area contributed by atoms with Gasteiger partial charge < -0.3 is 20.3 Å². The third-order valence-corrected chi connectivity index (χ3v) is 3.15.